The lowest BCUT2D eigenvalue weighted by Crippen LogP contribution is -2.45. The second-order valence-corrected chi connectivity index (χ2v) is 5.10. The van der Waals surface area contributed by atoms with E-state index >= 15 is 0 Å². The highest BCUT2D eigenvalue weighted by molar-refractivity contribution is 5.95. The first-order chi connectivity index (χ1) is 9.02. The molecule has 2 rings (SSSR count). The molecule has 0 radical (unpaired) electrons. The molecule has 1 aliphatic rings. The van der Waals surface area contributed by atoms with Gasteiger partial charge in [0.15, 0.2) is 0 Å². The summed E-state index contributed by atoms with van der Waals surface area (Å²) in [6.45, 7) is 3.98. The predicted molar refractivity (Wildman–Crippen MR) is 69.5 cm³/mol. The highest BCUT2D eigenvalue weighted by Gasteiger charge is 2.36. The average molecular weight is 263 g/mol. The Kier molecular flexibility index (Phi) is 3.85. The molecule has 1 aliphatic heterocycles. The first-order valence-electron chi connectivity index (χ1n) is 6.13. The summed E-state index contributed by atoms with van der Waals surface area (Å²) in [7, 11) is 0. The Morgan fingerprint density at radius 2 is 2.11 bits per heavy atom. The predicted octanol–water partition coefficient (Wildman–Crippen LogP) is 2.24. The number of hydrogen-bond donors (Lipinski definition) is 1. The van der Waals surface area contributed by atoms with Crippen molar-refractivity contribution in [3.63, 3.8) is 0 Å². The second-order valence-electron chi connectivity index (χ2n) is 5.10. The number of oxime groups is 1. The van der Waals surface area contributed by atoms with Gasteiger partial charge < -0.3 is 14.7 Å². The molecule has 0 saturated carbocycles. The number of ether oxygens (including phenoxy) is 2. The second kappa shape index (κ2) is 5.40. The molecule has 1 fully saturated rings. The van der Waals surface area contributed by atoms with Gasteiger partial charge in [-0.2, -0.15) is 0 Å². The van der Waals surface area contributed by atoms with Crippen molar-refractivity contribution in [1.29, 1.82) is 0 Å². The van der Waals surface area contributed by atoms with Crippen LogP contribution in [0.4, 0.5) is 0 Å². The number of benzene rings is 1. The SMILES string of the molecule is CC1(C)C[C@@H](OC(=O)c2ccccc2)/C(=N/O)CO1. The van der Waals surface area contributed by atoms with Crippen molar-refractivity contribution in [3.05, 3.63) is 35.9 Å². The molecule has 0 unspecified atom stereocenters. The molecule has 1 N–H and O–H groups in total. The number of rotatable bonds is 2. The molecule has 0 amide bonds. The van der Waals surface area contributed by atoms with E-state index in [-0.39, 0.29) is 6.61 Å². The third kappa shape index (κ3) is 3.32. The van der Waals surface area contributed by atoms with E-state index in [0.29, 0.717) is 17.7 Å². The topological polar surface area (TPSA) is 68.1 Å². The molecule has 102 valence electrons. The van der Waals surface area contributed by atoms with Crippen molar-refractivity contribution in [3.8, 4) is 0 Å². The molecule has 0 spiro atoms. The molecule has 0 bridgehead atoms. The molecule has 5 nitrogen and oxygen atoms in total. The smallest absolute Gasteiger partial charge is 0.338 e. The normalized spacial score (nSPS) is 24.1. The van der Waals surface area contributed by atoms with Crippen LogP contribution in [0.25, 0.3) is 0 Å². The third-order valence-electron chi connectivity index (χ3n) is 3.05. The number of carbonyl (C=O) groups is 1. The Balaban J connectivity index is 2.10. The minimum absolute atomic E-state index is 0.163. The molecule has 1 saturated heterocycles. The van der Waals surface area contributed by atoms with Gasteiger partial charge in [-0.25, -0.2) is 4.79 Å². The third-order valence-corrected chi connectivity index (χ3v) is 3.05. The van der Waals surface area contributed by atoms with Gasteiger partial charge in [0.2, 0.25) is 0 Å². The summed E-state index contributed by atoms with van der Waals surface area (Å²) in [5.41, 5.74) is 0.406. The number of esters is 1. The maximum absolute atomic E-state index is 12.0. The van der Waals surface area contributed by atoms with Crippen molar-refractivity contribution in [2.24, 2.45) is 5.16 Å². The van der Waals surface area contributed by atoms with Crippen LogP contribution in [0, 0.1) is 0 Å². The molecule has 0 aliphatic carbocycles. The van der Waals surface area contributed by atoms with Gasteiger partial charge in [0.05, 0.1) is 17.8 Å². The zero-order valence-electron chi connectivity index (χ0n) is 11.0. The number of nitrogens with zero attached hydrogens (tertiary/aromatic N) is 1. The van der Waals surface area contributed by atoms with Gasteiger partial charge in [0.25, 0.3) is 0 Å². The van der Waals surface area contributed by atoms with Crippen molar-refractivity contribution < 1.29 is 19.5 Å². The number of hydrogen-bond acceptors (Lipinski definition) is 5. The van der Waals surface area contributed by atoms with Crippen LogP contribution in [0.2, 0.25) is 0 Å². The Bertz CT molecular complexity index is 481. The summed E-state index contributed by atoms with van der Waals surface area (Å²) in [5, 5.41) is 12.1. The molecule has 19 heavy (non-hydrogen) atoms. The standard InChI is InChI=1S/C14H17NO4/c1-14(2)8-12(11(15-17)9-18-14)19-13(16)10-6-4-3-5-7-10/h3-7,12,17H,8-9H2,1-2H3/b15-11+/t12-/m1/s1. The van der Waals surface area contributed by atoms with Crippen molar-refractivity contribution in [2.75, 3.05) is 6.61 Å². The van der Waals surface area contributed by atoms with Gasteiger partial charge in [0.1, 0.15) is 11.8 Å². The first-order valence-corrected chi connectivity index (χ1v) is 6.13. The average Bonchev–Trinajstić information content (AvgIpc) is 2.39. The van der Waals surface area contributed by atoms with Crippen LogP contribution in [0.1, 0.15) is 30.6 Å². The van der Waals surface area contributed by atoms with Crippen LogP contribution >= 0.6 is 0 Å². The highest BCUT2D eigenvalue weighted by atomic mass is 16.6. The van der Waals surface area contributed by atoms with Crippen LogP contribution in [-0.2, 0) is 9.47 Å². The Morgan fingerprint density at radius 1 is 1.42 bits per heavy atom. The molecular weight excluding hydrogens is 246 g/mol. The Morgan fingerprint density at radius 3 is 2.74 bits per heavy atom. The summed E-state index contributed by atoms with van der Waals surface area (Å²) < 4.78 is 10.9. The van der Waals surface area contributed by atoms with E-state index < -0.39 is 17.7 Å². The van der Waals surface area contributed by atoms with E-state index in [1.54, 1.807) is 24.3 Å². The van der Waals surface area contributed by atoms with E-state index in [2.05, 4.69) is 5.16 Å². The van der Waals surface area contributed by atoms with Gasteiger partial charge in [0, 0.05) is 6.42 Å². The fraction of sp³-hybridized carbons (Fsp3) is 0.429. The summed E-state index contributed by atoms with van der Waals surface area (Å²) in [5.74, 6) is -0.426. The van der Waals surface area contributed by atoms with Crippen LogP contribution in [-0.4, -0.2) is 35.2 Å². The van der Waals surface area contributed by atoms with Gasteiger partial charge in [-0.15, -0.1) is 0 Å². The fourth-order valence-corrected chi connectivity index (χ4v) is 1.96. The van der Waals surface area contributed by atoms with Crippen LogP contribution in [0.5, 0.6) is 0 Å². The lowest BCUT2D eigenvalue weighted by molar-refractivity contribution is -0.0511. The van der Waals surface area contributed by atoms with Crippen LogP contribution in [0.15, 0.2) is 35.5 Å². The molecule has 1 aromatic rings. The van der Waals surface area contributed by atoms with E-state index in [1.165, 1.54) is 0 Å². The maximum Gasteiger partial charge on any atom is 0.338 e. The zero-order valence-corrected chi connectivity index (χ0v) is 11.0. The summed E-state index contributed by atoms with van der Waals surface area (Å²) in [6.07, 6.45) is -0.0909. The van der Waals surface area contributed by atoms with Gasteiger partial charge >= 0.3 is 5.97 Å². The van der Waals surface area contributed by atoms with Crippen molar-refractivity contribution in [1.82, 2.24) is 0 Å². The fourth-order valence-electron chi connectivity index (χ4n) is 1.96. The Labute approximate surface area is 111 Å². The van der Waals surface area contributed by atoms with Crippen LogP contribution < -0.4 is 0 Å². The molecule has 5 heteroatoms. The lowest BCUT2D eigenvalue weighted by atomic mass is 9.94. The van der Waals surface area contributed by atoms with E-state index in [0.717, 1.165) is 0 Å². The molecule has 1 aromatic carbocycles. The summed E-state index contributed by atoms with van der Waals surface area (Å²) in [6, 6.07) is 8.73. The molecule has 0 aromatic heterocycles. The van der Waals surface area contributed by atoms with Crippen molar-refractivity contribution >= 4 is 11.7 Å². The highest BCUT2D eigenvalue weighted by Crippen LogP contribution is 2.25. The Hall–Kier alpha value is -1.88. The molecule has 1 heterocycles. The summed E-state index contributed by atoms with van der Waals surface area (Å²) >= 11 is 0. The molecular formula is C14H17NO4. The van der Waals surface area contributed by atoms with E-state index in [9.17, 15) is 4.79 Å². The zero-order chi connectivity index (χ0) is 13.9. The van der Waals surface area contributed by atoms with Gasteiger partial charge in [-0.1, -0.05) is 23.4 Å². The monoisotopic (exact) mass is 263 g/mol. The van der Waals surface area contributed by atoms with Gasteiger partial charge in [-0.3, -0.25) is 0 Å². The number of carbonyl (C=O) groups excluding carboxylic acids is 1. The first kappa shape index (κ1) is 13.5. The van der Waals surface area contributed by atoms with E-state index in [1.807, 2.05) is 19.9 Å². The maximum atomic E-state index is 12.0. The van der Waals surface area contributed by atoms with E-state index in [4.69, 9.17) is 14.7 Å². The quantitative estimate of drug-likeness (QED) is 0.505. The summed E-state index contributed by atoms with van der Waals surface area (Å²) in [4.78, 5) is 12.0. The minimum Gasteiger partial charge on any atom is -0.452 e. The lowest BCUT2D eigenvalue weighted by Gasteiger charge is -2.35. The van der Waals surface area contributed by atoms with Crippen molar-refractivity contribution in [2.45, 2.75) is 32.0 Å². The largest absolute Gasteiger partial charge is 0.452 e. The van der Waals surface area contributed by atoms with Crippen LogP contribution in [0.3, 0.4) is 0 Å². The minimum atomic E-state index is -0.554. The molecule has 1 atom stereocenters. The van der Waals surface area contributed by atoms with Gasteiger partial charge in [-0.05, 0) is 26.0 Å².